The summed E-state index contributed by atoms with van der Waals surface area (Å²) in [6.45, 7) is 0. The van der Waals surface area contributed by atoms with Gasteiger partial charge in [-0.1, -0.05) is 0 Å². The molecule has 0 amide bonds. The number of hydrogen-bond acceptors (Lipinski definition) is 2. The predicted octanol–water partition coefficient (Wildman–Crippen LogP) is 1.86. The quantitative estimate of drug-likeness (QED) is 0.743. The number of halogens is 2. The first-order valence-electron chi connectivity index (χ1n) is 3.99. The zero-order valence-electron chi connectivity index (χ0n) is 6.82. The normalized spacial score (nSPS) is 27.7. The first kappa shape index (κ1) is 8.56. The van der Waals surface area contributed by atoms with Crippen molar-refractivity contribution in [3.8, 4) is 0 Å². The van der Waals surface area contributed by atoms with Crippen LogP contribution in [0.3, 0.4) is 0 Å². The summed E-state index contributed by atoms with van der Waals surface area (Å²) in [6, 6.07) is 1.61. The van der Waals surface area contributed by atoms with Crippen molar-refractivity contribution in [3.05, 3.63) is 18.1 Å². The summed E-state index contributed by atoms with van der Waals surface area (Å²) in [5.74, 6) is 0.0163. The van der Waals surface area contributed by atoms with E-state index in [2.05, 4.69) is 5.10 Å². The van der Waals surface area contributed by atoms with Crippen molar-refractivity contribution in [2.24, 2.45) is 5.92 Å². The fourth-order valence-corrected chi connectivity index (χ4v) is 1.41. The summed E-state index contributed by atoms with van der Waals surface area (Å²) >= 11 is 5.68. The lowest BCUT2D eigenvalue weighted by Gasteiger charge is -1.96. The van der Waals surface area contributed by atoms with Crippen molar-refractivity contribution >= 4 is 23.6 Å². The number of alkyl halides is 1. The molecule has 2 atom stereocenters. The van der Waals surface area contributed by atoms with E-state index in [0.717, 1.165) is 0 Å². The van der Waals surface area contributed by atoms with Crippen LogP contribution in [0.4, 0.5) is 10.2 Å². The lowest BCUT2D eigenvalue weighted by Crippen LogP contribution is -1.97. The minimum Gasteiger partial charge on any atom is -0.384 e. The van der Waals surface area contributed by atoms with Gasteiger partial charge >= 0.3 is 0 Å². The van der Waals surface area contributed by atoms with Crippen LogP contribution in [-0.4, -0.2) is 15.2 Å². The number of aromatic nitrogens is 2. The Hall–Kier alpha value is -1.03. The molecule has 13 heavy (non-hydrogen) atoms. The van der Waals surface area contributed by atoms with Crippen LogP contribution in [0.15, 0.2) is 18.1 Å². The van der Waals surface area contributed by atoms with Crippen LogP contribution in [0.1, 0.15) is 6.42 Å². The fraction of sp³-hybridized carbons (Fsp3) is 0.375. The molecule has 5 heteroatoms. The molecule has 1 aliphatic rings. The van der Waals surface area contributed by atoms with Crippen LogP contribution in [0, 0.1) is 5.92 Å². The molecule has 1 aromatic rings. The number of nitrogen functional groups attached to an aromatic ring is 1. The Morgan fingerprint density at radius 3 is 3.00 bits per heavy atom. The molecule has 2 N–H and O–H groups in total. The summed E-state index contributed by atoms with van der Waals surface area (Å²) in [5.41, 5.74) is 5.50. The molecule has 1 aromatic heterocycles. The van der Waals surface area contributed by atoms with E-state index in [9.17, 15) is 4.39 Å². The molecule has 1 aliphatic carbocycles. The van der Waals surface area contributed by atoms with Crippen LogP contribution in [0.2, 0.25) is 0 Å². The molecule has 1 heterocycles. The maximum absolute atomic E-state index is 13.2. The standard InChI is InChI=1S/C8H9ClFN3/c9-6-3-5(6)7(10)4-13-8(11)1-2-12-13/h1-2,4-6H,3,11H2/b7-4+. The number of allylic oxidation sites excluding steroid dienone is 1. The molecule has 0 aromatic carbocycles. The van der Waals surface area contributed by atoms with Gasteiger partial charge < -0.3 is 5.73 Å². The number of rotatable bonds is 2. The van der Waals surface area contributed by atoms with Crippen LogP contribution in [-0.2, 0) is 0 Å². The third-order valence-corrected chi connectivity index (χ3v) is 2.50. The lowest BCUT2D eigenvalue weighted by molar-refractivity contribution is 0.580. The summed E-state index contributed by atoms with van der Waals surface area (Å²) in [7, 11) is 0. The van der Waals surface area contributed by atoms with Crippen molar-refractivity contribution in [1.29, 1.82) is 0 Å². The van der Waals surface area contributed by atoms with Crippen LogP contribution < -0.4 is 5.73 Å². The van der Waals surface area contributed by atoms with E-state index >= 15 is 0 Å². The lowest BCUT2D eigenvalue weighted by atomic mass is 10.4. The van der Waals surface area contributed by atoms with E-state index < -0.39 is 0 Å². The minimum atomic E-state index is -0.254. The monoisotopic (exact) mass is 201 g/mol. The molecular weight excluding hydrogens is 193 g/mol. The fourth-order valence-electron chi connectivity index (χ4n) is 1.09. The predicted molar refractivity (Wildman–Crippen MR) is 49.8 cm³/mol. The van der Waals surface area contributed by atoms with Gasteiger partial charge in [-0.15, -0.1) is 11.6 Å². The van der Waals surface area contributed by atoms with Crippen molar-refractivity contribution in [2.75, 3.05) is 5.73 Å². The second kappa shape index (κ2) is 3.03. The highest BCUT2D eigenvalue weighted by atomic mass is 35.5. The molecule has 2 rings (SSSR count). The van der Waals surface area contributed by atoms with Gasteiger partial charge in [-0.05, 0) is 6.42 Å². The van der Waals surface area contributed by atoms with Gasteiger partial charge in [-0.2, -0.15) is 5.10 Å². The Bertz CT molecular complexity index is 347. The SMILES string of the molecule is Nc1ccnn1/C=C(/F)C1CC1Cl. The number of hydrogen-bond donors (Lipinski definition) is 1. The maximum atomic E-state index is 13.2. The van der Waals surface area contributed by atoms with Crippen molar-refractivity contribution < 1.29 is 4.39 Å². The molecule has 0 spiro atoms. The molecule has 2 unspecified atom stereocenters. The van der Waals surface area contributed by atoms with E-state index in [1.54, 1.807) is 6.07 Å². The van der Waals surface area contributed by atoms with Crippen LogP contribution >= 0.6 is 11.6 Å². The zero-order valence-corrected chi connectivity index (χ0v) is 7.58. The van der Waals surface area contributed by atoms with E-state index in [1.807, 2.05) is 0 Å². The summed E-state index contributed by atoms with van der Waals surface area (Å²) in [4.78, 5) is 0. The second-order valence-corrected chi connectivity index (χ2v) is 3.63. The molecule has 1 saturated carbocycles. The Balaban J connectivity index is 2.16. The van der Waals surface area contributed by atoms with E-state index in [-0.39, 0.29) is 17.1 Å². The van der Waals surface area contributed by atoms with Gasteiger partial charge in [-0.25, -0.2) is 9.07 Å². The minimum absolute atomic E-state index is 0.0620. The highest BCUT2D eigenvalue weighted by Crippen LogP contribution is 2.42. The van der Waals surface area contributed by atoms with Gasteiger partial charge in [0.25, 0.3) is 0 Å². The summed E-state index contributed by atoms with van der Waals surface area (Å²) in [5, 5.41) is 3.76. The van der Waals surface area contributed by atoms with E-state index in [0.29, 0.717) is 12.2 Å². The maximum Gasteiger partial charge on any atom is 0.126 e. The Morgan fingerprint density at radius 2 is 2.54 bits per heavy atom. The Kier molecular flexibility index (Phi) is 2.00. The van der Waals surface area contributed by atoms with Gasteiger partial charge in [0.05, 0.1) is 12.4 Å². The van der Waals surface area contributed by atoms with Gasteiger partial charge in [0.15, 0.2) is 0 Å². The van der Waals surface area contributed by atoms with Crippen LogP contribution in [0.25, 0.3) is 6.20 Å². The van der Waals surface area contributed by atoms with Crippen molar-refractivity contribution in [1.82, 2.24) is 9.78 Å². The van der Waals surface area contributed by atoms with E-state index in [4.69, 9.17) is 17.3 Å². The highest BCUT2D eigenvalue weighted by Gasteiger charge is 2.39. The average Bonchev–Trinajstić information content (AvgIpc) is 2.68. The first-order valence-corrected chi connectivity index (χ1v) is 4.42. The van der Waals surface area contributed by atoms with Gasteiger partial charge in [0.1, 0.15) is 11.6 Å². The van der Waals surface area contributed by atoms with Crippen molar-refractivity contribution in [2.45, 2.75) is 11.8 Å². The third-order valence-electron chi connectivity index (χ3n) is 2.01. The first-order chi connectivity index (χ1) is 6.18. The molecule has 70 valence electrons. The molecular formula is C8H9ClFN3. The zero-order chi connectivity index (χ0) is 9.42. The topological polar surface area (TPSA) is 43.8 Å². The summed E-state index contributed by atoms with van der Waals surface area (Å²) < 4.78 is 14.5. The Morgan fingerprint density at radius 1 is 1.85 bits per heavy atom. The second-order valence-electron chi connectivity index (χ2n) is 3.07. The highest BCUT2D eigenvalue weighted by molar-refractivity contribution is 6.22. The summed E-state index contributed by atoms with van der Waals surface area (Å²) in [6.07, 6.45) is 3.50. The molecule has 0 aliphatic heterocycles. The smallest absolute Gasteiger partial charge is 0.126 e. The van der Waals surface area contributed by atoms with Gasteiger partial charge in [0, 0.05) is 17.4 Å². The molecule has 0 bridgehead atoms. The largest absolute Gasteiger partial charge is 0.384 e. The number of nitrogens with two attached hydrogens (primary N) is 1. The Labute approximate surface area is 80.0 Å². The van der Waals surface area contributed by atoms with Crippen molar-refractivity contribution in [3.63, 3.8) is 0 Å². The number of nitrogens with zero attached hydrogens (tertiary/aromatic N) is 2. The molecule has 0 saturated heterocycles. The van der Waals surface area contributed by atoms with Gasteiger partial charge in [0.2, 0.25) is 0 Å². The number of anilines is 1. The van der Waals surface area contributed by atoms with E-state index in [1.165, 1.54) is 17.1 Å². The van der Waals surface area contributed by atoms with Gasteiger partial charge in [-0.3, -0.25) is 0 Å². The molecule has 0 radical (unpaired) electrons. The molecule has 3 nitrogen and oxygen atoms in total. The molecule has 1 fully saturated rings. The van der Waals surface area contributed by atoms with Crippen LogP contribution in [0.5, 0.6) is 0 Å². The third kappa shape index (κ3) is 1.67. The average molecular weight is 202 g/mol.